The number of rotatable bonds is 6. The minimum absolute atomic E-state index is 0.279. The maximum absolute atomic E-state index is 11.8. The zero-order chi connectivity index (χ0) is 14.5. The lowest BCUT2D eigenvalue weighted by Gasteiger charge is -2.23. The SMILES string of the molecule is CCOc1ccc(C(C)(C)C(=O)OC)cc1OCC. The van der Waals surface area contributed by atoms with Crippen LogP contribution < -0.4 is 9.47 Å². The van der Waals surface area contributed by atoms with Crippen LogP contribution in [0.15, 0.2) is 18.2 Å². The first-order valence-corrected chi connectivity index (χ1v) is 6.45. The van der Waals surface area contributed by atoms with Crippen LogP contribution in [0, 0.1) is 0 Å². The lowest BCUT2D eigenvalue weighted by molar-refractivity contribution is -0.146. The van der Waals surface area contributed by atoms with Crippen molar-refractivity contribution in [2.24, 2.45) is 0 Å². The molecule has 0 unspecified atom stereocenters. The molecule has 0 heterocycles. The average molecular weight is 266 g/mol. The number of benzene rings is 1. The van der Waals surface area contributed by atoms with Crippen LogP contribution in [-0.2, 0) is 14.9 Å². The minimum atomic E-state index is -0.717. The van der Waals surface area contributed by atoms with E-state index in [4.69, 9.17) is 14.2 Å². The molecule has 0 fully saturated rings. The Morgan fingerprint density at radius 1 is 1.11 bits per heavy atom. The summed E-state index contributed by atoms with van der Waals surface area (Å²) in [4.78, 5) is 11.8. The fraction of sp³-hybridized carbons (Fsp3) is 0.533. The zero-order valence-electron chi connectivity index (χ0n) is 12.3. The first kappa shape index (κ1) is 15.3. The van der Waals surface area contributed by atoms with Crippen LogP contribution in [0.3, 0.4) is 0 Å². The first-order chi connectivity index (χ1) is 8.97. The zero-order valence-corrected chi connectivity index (χ0v) is 12.3. The molecule has 0 saturated heterocycles. The fourth-order valence-corrected chi connectivity index (χ4v) is 1.81. The van der Waals surface area contributed by atoms with Gasteiger partial charge in [0.25, 0.3) is 0 Å². The smallest absolute Gasteiger partial charge is 0.315 e. The van der Waals surface area contributed by atoms with Crippen molar-refractivity contribution in [1.29, 1.82) is 0 Å². The van der Waals surface area contributed by atoms with E-state index in [1.54, 1.807) is 0 Å². The number of ether oxygens (including phenoxy) is 3. The summed E-state index contributed by atoms with van der Waals surface area (Å²) >= 11 is 0. The van der Waals surface area contributed by atoms with Crippen molar-refractivity contribution < 1.29 is 19.0 Å². The molecule has 0 aromatic heterocycles. The van der Waals surface area contributed by atoms with Crippen LogP contribution in [0.1, 0.15) is 33.3 Å². The second kappa shape index (κ2) is 6.45. The second-order valence-corrected chi connectivity index (χ2v) is 4.64. The third kappa shape index (κ3) is 3.40. The van der Waals surface area contributed by atoms with E-state index < -0.39 is 5.41 Å². The summed E-state index contributed by atoms with van der Waals surface area (Å²) in [6.07, 6.45) is 0. The molecule has 0 aliphatic rings. The standard InChI is InChI=1S/C15H22O4/c1-6-18-12-9-8-11(10-13(12)19-7-2)15(3,4)14(16)17-5/h8-10H,6-7H2,1-5H3. The molecule has 0 radical (unpaired) electrons. The molecule has 0 amide bonds. The second-order valence-electron chi connectivity index (χ2n) is 4.64. The fourth-order valence-electron chi connectivity index (χ4n) is 1.81. The molecule has 0 bridgehead atoms. The summed E-state index contributed by atoms with van der Waals surface area (Å²) in [7, 11) is 1.39. The molecule has 0 aliphatic carbocycles. The highest BCUT2D eigenvalue weighted by atomic mass is 16.5. The van der Waals surface area contributed by atoms with E-state index in [-0.39, 0.29) is 5.97 Å². The van der Waals surface area contributed by atoms with Gasteiger partial charge in [-0.05, 0) is 45.4 Å². The topological polar surface area (TPSA) is 44.8 Å². The van der Waals surface area contributed by atoms with Crippen LogP contribution in [0.4, 0.5) is 0 Å². The highest BCUT2D eigenvalue weighted by Crippen LogP contribution is 2.34. The van der Waals surface area contributed by atoms with Gasteiger partial charge in [0.15, 0.2) is 11.5 Å². The van der Waals surface area contributed by atoms with E-state index in [1.807, 2.05) is 45.9 Å². The molecule has 19 heavy (non-hydrogen) atoms. The van der Waals surface area contributed by atoms with Crippen molar-refractivity contribution in [3.05, 3.63) is 23.8 Å². The van der Waals surface area contributed by atoms with Gasteiger partial charge < -0.3 is 14.2 Å². The van der Waals surface area contributed by atoms with Gasteiger partial charge >= 0.3 is 5.97 Å². The molecule has 0 N–H and O–H groups in total. The van der Waals surface area contributed by atoms with E-state index in [0.29, 0.717) is 24.7 Å². The average Bonchev–Trinajstić information content (AvgIpc) is 2.40. The number of carbonyl (C=O) groups excluding carboxylic acids is 1. The van der Waals surface area contributed by atoms with Crippen molar-refractivity contribution in [2.75, 3.05) is 20.3 Å². The van der Waals surface area contributed by atoms with Crippen molar-refractivity contribution in [3.63, 3.8) is 0 Å². The maximum Gasteiger partial charge on any atom is 0.315 e. The number of methoxy groups -OCH3 is 1. The lowest BCUT2D eigenvalue weighted by atomic mass is 9.84. The van der Waals surface area contributed by atoms with Crippen molar-refractivity contribution in [3.8, 4) is 11.5 Å². The minimum Gasteiger partial charge on any atom is -0.490 e. The van der Waals surface area contributed by atoms with Gasteiger partial charge in [0, 0.05) is 0 Å². The maximum atomic E-state index is 11.8. The van der Waals surface area contributed by atoms with Gasteiger partial charge in [-0.15, -0.1) is 0 Å². The Labute approximate surface area is 114 Å². The van der Waals surface area contributed by atoms with Gasteiger partial charge in [-0.3, -0.25) is 4.79 Å². The summed E-state index contributed by atoms with van der Waals surface area (Å²) in [6, 6.07) is 5.53. The van der Waals surface area contributed by atoms with Gasteiger partial charge in [-0.25, -0.2) is 0 Å². The Balaban J connectivity index is 3.17. The third-order valence-corrected chi connectivity index (χ3v) is 2.96. The normalized spacial score (nSPS) is 11.0. The molecule has 4 heteroatoms. The van der Waals surface area contributed by atoms with Crippen LogP contribution >= 0.6 is 0 Å². The molecule has 0 spiro atoms. The number of carbonyl (C=O) groups is 1. The molecular formula is C15H22O4. The molecule has 4 nitrogen and oxygen atoms in total. The van der Waals surface area contributed by atoms with Crippen LogP contribution in [0.5, 0.6) is 11.5 Å². The van der Waals surface area contributed by atoms with Crippen molar-refractivity contribution in [1.82, 2.24) is 0 Å². The number of hydrogen-bond donors (Lipinski definition) is 0. The summed E-state index contributed by atoms with van der Waals surface area (Å²) in [5.41, 5.74) is 0.122. The monoisotopic (exact) mass is 266 g/mol. The van der Waals surface area contributed by atoms with Crippen molar-refractivity contribution >= 4 is 5.97 Å². The van der Waals surface area contributed by atoms with Gasteiger partial charge in [0.05, 0.1) is 25.7 Å². The summed E-state index contributed by atoms with van der Waals surface area (Å²) in [5.74, 6) is 1.06. The van der Waals surface area contributed by atoms with E-state index in [2.05, 4.69) is 0 Å². The van der Waals surface area contributed by atoms with Gasteiger partial charge in [-0.1, -0.05) is 6.07 Å². The van der Waals surface area contributed by atoms with Gasteiger partial charge in [-0.2, -0.15) is 0 Å². The summed E-state index contributed by atoms with van der Waals surface area (Å²) in [5, 5.41) is 0. The van der Waals surface area contributed by atoms with E-state index in [9.17, 15) is 4.79 Å². The van der Waals surface area contributed by atoms with Gasteiger partial charge in [0.2, 0.25) is 0 Å². The van der Waals surface area contributed by atoms with Gasteiger partial charge in [0.1, 0.15) is 0 Å². The van der Waals surface area contributed by atoms with E-state index in [1.165, 1.54) is 7.11 Å². The Hall–Kier alpha value is -1.71. The molecule has 0 atom stereocenters. The van der Waals surface area contributed by atoms with Crippen LogP contribution in [-0.4, -0.2) is 26.3 Å². The molecule has 0 saturated carbocycles. The Bertz CT molecular complexity index is 438. The number of esters is 1. The predicted octanol–water partition coefficient (Wildman–Crippen LogP) is 2.93. The highest BCUT2D eigenvalue weighted by Gasteiger charge is 2.31. The summed E-state index contributed by atoms with van der Waals surface area (Å²) in [6.45, 7) is 8.59. The molecule has 1 aromatic rings. The van der Waals surface area contributed by atoms with Crippen LogP contribution in [0.2, 0.25) is 0 Å². The predicted molar refractivity (Wildman–Crippen MR) is 73.8 cm³/mol. The molecule has 1 aromatic carbocycles. The quantitative estimate of drug-likeness (QED) is 0.743. The van der Waals surface area contributed by atoms with Crippen molar-refractivity contribution in [2.45, 2.75) is 33.1 Å². The largest absolute Gasteiger partial charge is 0.490 e. The molecular weight excluding hydrogens is 244 g/mol. The van der Waals surface area contributed by atoms with Crippen LogP contribution in [0.25, 0.3) is 0 Å². The Morgan fingerprint density at radius 2 is 1.68 bits per heavy atom. The van der Waals surface area contributed by atoms with E-state index >= 15 is 0 Å². The Morgan fingerprint density at radius 3 is 2.21 bits per heavy atom. The molecule has 0 aliphatic heterocycles. The highest BCUT2D eigenvalue weighted by molar-refractivity contribution is 5.82. The summed E-state index contributed by atoms with van der Waals surface area (Å²) < 4.78 is 15.9. The Kier molecular flexibility index (Phi) is 5.21. The number of hydrogen-bond acceptors (Lipinski definition) is 4. The molecule has 106 valence electrons. The molecule has 1 rings (SSSR count). The van der Waals surface area contributed by atoms with E-state index in [0.717, 1.165) is 5.56 Å². The first-order valence-electron chi connectivity index (χ1n) is 6.45. The third-order valence-electron chi connectivity index (χ3n) is 2.96. The lowest BCUT2D eigenvalue weighted by Crippen LogP contribution is -2.30.